The Morgan fingerprint density at radius 3 is 2.76 bits per heavy atom. The fraction of sp³-hybridized carbons (Fsp3) is 0.455. The molecule has 0 N–H and O–H groups in total. The largest absolute Gasteiger partial charge is 0.368 e. The van der Waals surface area contributed by atoms with E-state index < -0.39 is 12.0 Å². The lowest BCUT2D eigenvalue weighted by Gasteiger charge is -2.52. The number of aryl methyl sites for hydroxylation is 1. The van der Waals surface area contributed by atoms with E-state index in [0.29, 0.717) is 49.6 Å². The van der Waals surface area contributed by atoms with Crippen LogP contribution in [0, 0.1) is 5.82 Å². The molecule has 2 fully saturated rings. The second-order valence-corrected chi connectivity index (χ2v) is 8.96. The Bertz CT molecular complexity index is 1230. The SMILES string of the molecule is CCn1nnc(-c2ccc(Cl)cc2F)c1Cn1ncc(N2CC3(CC[C@@H](F)CO3)C2)cc1=O. The zero-order valence-electron chi connectivity index (χ0n) is 18.0. The molecule has 0 aliphatic carbocycles. The summed E-state index contributed by atoms with van der Waals surface area (Å²) < 4.78 is 36.5. The summed E-state index contributed by atoms with van der Waals surface area (Å²) in [6.45, 7) is 3.82. The van der Waals surface area contributed by atoms with Crippen molar-refractivity contribution in [2.24, 2.45) is 0 Å². The molecule has 174 valence electrons. The first-order chi connectivity index (χ1) is 15.9. The molecule has 0 bridgehead atoms. The Hall–Kier alpha value is -2.85. The molecule has 0 unspecified atom stereocenters. The number of aromatic nitrogens is 5. The van der Waals surface area contributed by atoms with Crippen LogP contribution in [0.2, 0.25) is 5.02 Å². The van der Waals surface area contributed by atoms with Gasteiger partial charge >= 0.3 is 0 Å². The first kappa shape index (κ1) is 22.0. The second-order valence-electron chi connectivity index (χ2n) is 8.52. The molecule has 1 atom stereocenters. The minimum Gasteiger partial charge on any atom is -0.368 e. The van der Waals surface area contributed by atoms with Crippen LogP contribution in [0.5, 0.6) is 0 Å². The smallest absolute Gasteiger partial charge is 0.269 e. The number of halogens is 3. The molecule has 0 saturated carbocycles. The van der Waals surface area contributed by atoms with Crippen LogP contribution in [0.25, 0.3) is 11.3 Å². The molecule has 5 rings (SSSR count). The van der Waals surface area contributed by atoms with Crippen molar-refractivity contribution in [3.05, 3.63) is 57.3 Å². The zero-order valence-corrected chi connectivity index (χ0v) is 18.8. The van der Waals surface area contributed by atoms with Crippen molar-refractivity contribution in [3.63, 3.8) is 0 Å². The number of anilines is 1. The van der Waals surface area contributed by atoms with Gasteiger partial charge in [0.15, 0.2) is 0 Å². The number of alkyl halides is 1. The maximum absolute atomic E-state index is 14.5. The van der Waals surface area contributed by atoms with E-state index in [9.17, 15) is 13.6 Å². The van der Waals surface area contributed by atoms with Gasteiger partial charge in [0.2, 0.25) is 0 Å². The minimum atomic E-state index is -0.896. The fourth-order valence-corrected chi connectivity index (χ4v) is 4.57. The summed E-state index contributed by atoms with van der Waals surface area (Å²) in [5, 5.41) is 12.8. The van der Waals surface area contributed by atoms with E-state index in [1.165, 1.54) is 16.8 Å². The van der Waals surface area contributed by atoms with E-state index in [1.54, 1.807) is 23.0 Å². The van der Waals surface area contributed by atoms with Crippen LogP contribution in [-0.2, 0) is 17.8 Å². The third kappa shape index (κ3) is 4.13. The lowest BCUT2D eigenvalue weighted by molar-refractivity contribution is -0.120. The fourth-order valence-electron chi connectivity index (χ4n) is 4.42. The van der Waals surface area contributed by atoms with Gasteiger partial charge in [-0.25, -0.2) is 18.1 Å². The van der Waals surface area contributed by atoms with Crippen molar-refractivity contribution in [1.29, 1.82) is 0 Å². The van der Waals surface area contributed by atoms with Gasteiger partial charge in [0.1, 0.15) is 23.3 Å². The number of ether oxygens (including phenoxy) is 1. The van der Waals surface area contributed by atoms with Gasteiger partial charge in [-0.15, -0.1) is 5.10 Å². The molecule has 0 amide bonds. The maximum atomic E-state index is 14.5. The molecule has 2 aliphatic rings. The molecular formula is C22H23ClF2N6O2. The monoisotopic (exact) mass is 476 g/mol. The Labute approximate surface area is 193 Å². The van der Waals surface area contributed by atoms with Gasteiger partial charge in [-0.05, 0) is 38.0 Å². The van der Waals surface area contributed by atoms with Crippen LogP contribution >= 0.6 is 11.6 Å². The Kier molecular flexibility index (Phi) is 5.65. The van der Waals surface area contributed by atoms with E-state index in [4.69, 9.17) is 16.3 Å². The van der Waals surface area contributed by atoms with E-state index in [2.05, 4.69) is 15.4 Å². The average Bonchev–Trinajstić information content (AvgIpc) is 3.16. The van der Waals surface area contributed by atoms with E-state index in [0.717, 1.165) is 0 Å². The summed E-state index contributed by atoms with van der Waals surface area (Å²) in [5.74, 6) is -0.515. The average molecular weight is 477 g/mol. The van der Waals surface area contributed by atoms with Crippen molar-refractivity contribution >= 4 is 17.3 Å². The summed E-state index contributed by atoms with van der Waals surface area (Å²) in [5.41, 5.74) is 1.24. The van der Waals surface area contributed by atoms with Crippen LogP contribution in [0.1, 0.15) is 25.5 Å². The molecular weight excluding hydrogens is 454 g/mol. The lowest BCUT2D eigenvalue weighted by atomic mass is 9.85. The van der Waals surface area contributed by atoms with Crippen molar-refractivity contribution in [2.45, 2.75) is 44.6 Å². The van der Waals surface area contributed by atoms with E-state index in [1.807, 2.05) is 11.8 Å². The highest BCUT2D eigenvalue weighted by atomic mass is 35.5. The van der Waals surface area contributed by atoms with Gasteiger partial charge < -0.3 is 9.64 Å². The standard InChI is InChI=1S/C22H23ClF2N6O2/c1-2-30-19(21(27-28-30)17-4-3-14(23)7-18(17)25)10-31-20(32)8-16(9-26-31)29-12-22(13-29)6-5-15(24)11-33-22/h3-4,7-9,15H,2,5-6,10-13H2,1H3/t15-/m1/s1. The number of rotatable bonds is 5. The van der Waals surface area contributed by atoms with Crippen molar-refractivity contribution in [2.75, 3.05) is 24.6 Å². The predicted octanol–water partition coefficient (Wildman–Crippen LogP) is 3.07. The summed E-state index contributed by atoms with van der Waals surface area (Å²) in [6.07, 6.45) is 1.90. The van der Waals surface area contributed by atoms with Crippen molar-refractivity contribution < 1.29 is 13.5 Å². The third-order valence-electron chi connectivity index (χ3n) is 6.28. The number of hydrogen-bond acceptors (Lipinski definition) is 6. The van der Waals surface area contributed by atoms with Gasteiger partial charge in [-0.3, -0.25) is 4.79 Å². The van der Waals surface area contributed by atoms with Gasteiger partial charge in [0.05, 0.1) is 30.7 Å². The predicted molar refractivity (Wildman–Crippen MR) is 119 cm³/mol. The van der Waals surface area contributed by atoms with Gasteiger partial charge in [-0.1, -0.05) is 16.8 Å². The molecule has 8 nitrogen and oxygen atoms in total. The molecule has 2 aliphatic heterocycles. The number of benzene rings is 1. The highest BCUT2D eigenvalue weighted by Gasteiger charge is 2.47. The Morgan fingerprint density at radius 2 is 2.09 bits per heavy atom. The summed E-state index contributed by atoms with van der Waals surface area (Å²) in [6, 6.07) is 5.86. The second kappa shape index (κ2) is 8.49. The van der Waals surface area contributed by atoms with E-state index in [-0.39, 0.29) is 34.9 Å². The first-order valence-corrected chi connectivity index (χ1v) is 11.2. The molecule has 2 aromatic heterocycles. The highest BCUT2D eigenvalue weighted by molar-refractivity contribution is 6.30. The normalized spacial score (nSPS) is 19.6. The van der Waals surface area contributed by atoms with Crippen LogP contribution in [0.3, 0.4) is 0 Å². The molecule has 2 saturated heterocycles. The Morgan fingerprint density at radius 1 is 1.27 bits per heavy atom. The number of hydrogen-bond donors (Lipinski definition) is 0. The molecule has 1 aromatic carbocycles. The molecule has 1 spiro atoms. The third-order valence-corrected chi connectivity index (χ3v) is 6.52. The van der Waals surface area contributed by atoms with Gasteiger partial charge in [-0.2, -0.15) is 5.10 Å². The first-order valence-electron chi connectivity index (χ1n) is 10.9. The van der Waals surface area contributed by atoms with Crippen LogP contribution < -0.4 is 10.5 Å². The molecule has 3 aromatic rings. The topological polar surface area (TPSA) is 78.1 Å². The van der Waals surface area contributed by atoms with Gasteiger partial charge in [0, 0.05) is 36.3 Å². The molecule has 0 radical (unpaired) electrons. The Balaban J connectivity index is 1.37. The lowest BCUT2D eigenvalue weighted by Crippen LogP contribution is -2.65. The quantitative estimate of drug-likeness (QED) is 0.563. The maximum Gasteiger partial charge on any atom is 0.269 e. The molecule has 4 heterocycles. The molecule has 33 heavy (non-hydrogen) atoms. The number of nitrogens with zero attached hydrogens (tertiary/aromatic N) is 6. The van der Waals surface area contributed by atoms with Gasteiger partial charge in [0.25, 0.3) is 5.56 Å². The minimum absolute atomic E-state index is 0.0856. The van der Waals surface area contributed by atoms with Crippen LogP contribution in [-0.4, -0.2) is 56.2 Å². The summed E-state index contributed by atoms with van der Waals surface area (Å²) in [4.78, 5) is 14.8. The van der Waals surface area contributed by atoms with Crippen LogP contribution in [0.15, 0.2) is 35.3 Å². The van der Waals surface area contributed by atoms with Crippen molar-refractivity contribution in [3.8, 4) is 11.3 Å². The van der Waals surface area contributed by atoms with Crippen molar-refractivity contribution in [1.82, 2.24) is 24.8 Å². The summed E-state index contributed by atoms with van der Waals surface area (Å²) >= 11 is 5.87. The van der Waals surface area contributed by atoms with E-state index >= 15 is 0 Å². The van der Waals surface area contributed by atoms with Crippen LogP contribution in [0.4, 0.5) is 14.5 Å². The molecule has 11 heteroatoms. The highest BCUT2D eigenvalue weighted by Crippen LogP contribution is 2.37. The zero-order chi connectivity index (χ0) is 23.2. The summed E-state index contributed by atoms with van der Waals surface area (Å²) in [7, 11) is 0.